The van der Waals surface area contributed by atoms with Crippen molar-refractivity contribution >= 4 is 5.57 Å². The summed E-state index contributed by atoms with van der Waals surface area (Å²) < 4.78 is 0. The van der Waals surface area contributed by atoms with Gasteiger partial charge in [0.15, 0.2) is 0 Å². The molecule has 1 heteroatoms. The summed E-state index contributed by atoms with van der Waals surface area (Å²) in [6, 6.07) is 13.2. The standard InChI is InChI=1S/C22H27N/c1-2-6-18-9-11-21(12-10-18)22(17-23)15-13-20(14-16-22)19-7-4-3-5-8-19/h3-5,7-8,13-15,18,21H,2,6,9-12,16H2,1H3. The van der Waals surface area contributed by atoms with Crippen LogP contribution in [0.1, 0.15) is 57.4 Å². The molecule has 1 aromatic rings. The Morgan fingerprint density at radius 1 is 1.13 bits per heavy atom. The Bertz CT molecular complexity index is 611. The van der Waals surface area contributed by atoms with E-state index in [0.29, 0.717) is 5.92 Å². The van der Waals surface area contributed by atoms with Crippen LogP contribution in [0.15, 0.2) is 48.6 Å². The molecule has 2 aliphatic carbocycles. The zero-order chi connectivity index (χ0) is 16.1. The van der Waals surface area contributed by atoms with Gasteiger partial charge in [0.1, 0.15) is 0 Å². The minimum Gasteiger partial charge on any atom is -0.197 e. The third kappa shape index (κ3) is 3.42. The van der Waals surface area contributed by atoms with Gasteiger partial charge in [-0.15, -0.1) is 0 Å². The van der Waals surface area contributed by atoms with Crippen LogP contribution in [-0.4, -0.2) is 0 Å². The molecule has 1 fully saturated rings. The number of nitrogens with zero attached hydrogens (tertiary/aromatic N) is 1. The summed E-state index contributed by atoms with van der Waals surface area (Å²) >= 11 is 0. The quantitative estimate of drug-likeness (QED) is 0.654. The molecule has 1 aromatic carbocycles. The van der Waals surface area contributed by atoms with Gasteiger partial charge in [0.2, 0.25) is 0 Å². The van der Waals surface area contributed by atoms with Gasteiger partial charge in [-0.1, -0.05) is 81.2 Å². The van der Waals surface area contributed by atoms with Crippen molar-refractivity contribution in [2.45, 2.75) is 51.9 Å². The van der Waals surface area contributed by atoms with Crippen LogP contribution in [0.5, 0.6) is 0 Å². The summed E-state index contributed by atoms with van der Waals surface area (Å²) in [6.07, 6.45) is 15.2. The fraction of sp³-hybridized carbons (Fsp3) is 0.500. The molecule has 1 unspecified atom stereocenters. The molecule has 0 heterocycles. The average molecular weight is 305 g/mol. The topological polar surface area (TPSA) is 23.8 Å². The molecule has 1 atom stereocenters. The zero-order valence-electron chi connectivity index (χ0n) is 14.2. The minimum absolute atomic E-state index is 0.268. The summed E-state index contributed by atoms with van der Waals surface area (Å²) in [7, 11) is 0. The zero-order valence-corrected chi connectivity index (χ0v) is 14.2. The highest BCUT2D eigenvalue weighted by Gasteiger charge is 2.39. The fourth-order valence-corrected chi connectivity index (χ4v) is 4.35. The number of allylic oxidation sites excluding steroid dienone is 4. The number of hydrogen-bond acceptors (Lipinski definition) is 1. The maximum absolute atomic E-state index is 9.89. The van der Waals surface area contributed by atoms with E-state index in [2.05, 4.69) is 55.5 Å². The van der Waals surface area contributed by atoms with Crippen LogP contribution in [0.25, 0.3) is 5.57 Å². The maximum Gasteiger partial charge on any atom is 0.0819 e. The van der Waals surface area contributed by atoms with E-state index in [9.17, 15) is 5.26 Å². The van der Waals surface area contributed by atoms with Crippen molar-refractivity contribution < 1.29 is 0 Å². The molecule has 0 bridgehead atoms. The monoisotopic (exact) mass is 305 g/mol. The van der Waals surface area contributed by atoms with E-state index in [0.717, 1.165) is 12.3 Å². The van der Waals surface area contributed by atoms with Crippen LogP contribution < -0.4 is 0 Å². The van der Waals surface area contributed by atoms with Crippen LogP contribution in [0.4, 0.5) is 0 Å². The average Bonchev–Trinajstić information content (AvgIpc) is 2.63. The van der Waals surface area contributed by atoms with Gasteiger partial charge in [0, 0.05) is 0 Å². The van der Waals surface area contributed by atoms with Crippen LogP contribution in [0.3, 0.4) is 0 Å². The highest BCUT2D eigenvalue weighted by atomic mass is 14.4. The Morgan fingerprint density at radius 2 is 1.87 bits per heavy atom. The van der Waals surface area contributed by atoms with Gasteiger partial charge in [-0.3, -0.25) is 0 Å². The summed E-state index contributed by atoms with van der Waals surface area (Å²) in [5, 5.41) is 9.89. The predicted octanol–water partition coefficient (Wildman–Crippen LogP) is 6.15. The van der Waals surface area contributed by atoms with Crippen LogP contribution in [-0.2, 0) is 0 Å². The molecule has 0 saturated heterocycles. The molecule has 120 valence electrons. The fourth-order valence-electron chi connectivity index (χ4n) is 4.35. The Morgan fingerprint density at radius 3 is 2.43 bits per heavy atom. The molecule has 2 aliphatic rings. The highest BCUT2D eigenvalue weighted by molar-refractivity contribution is 5.75. The number of hydrogen-bond donors (Lipinski definition) is 0. The van der Waals surface area contributed by atoms with E-state index < -0.39 is 0 Å². The molecule has 0 amide bonds. The number of nitriles is 1. The second-order valence-electron chi connectivity index (χ2n) is 7.22. The first-order valence-corrected chi connectivity index (χ1v) is 9.13. The Kier molecular flexibility index (Phi) is 5.01. The van der Waals surface area contributed by atoms with E-state index in [1.807, 2.05) is 6.07 Å². The Labute approximate surface area is 140 Å². The maximum atomic E-state index is 9.89. The van der Waals surface area contributed by atoms with Crippen LogP contribution >= 0.6 is 0 Å². The smallest absolute Gasteiger partial charge is 0.0819 e. The van der Waals surface area contributed by atoms with E-state index in [1.54, 1.807) is 0 Å². The van der Waals surface area contributed by atoms with Gasteiger partial charge < -0.3 is 0 Å². The molecular formula is C22H27N. The molecule has 3 rings (SSSR count). The van der Waals surface area contributed by atoms with Crippen LogP contribution in [0.2, 0.25) is 0 Å². The summed E-state index contributed by atoms with van der Waals surface area (Å²) in [5.41, 5.74) is 2.24. The summed E-state index contributed by atoms with van der Waals surface area (Å²) in [6.45, 7) is 2.28. The Hall–Kier alpha value is -1.81. The molecule has 0 aromatic heterocycles. The van der Waals surface area contributed by atoms with Crippen molar-refractivity contribution in [1.82, 2.24) is 0 Å². The predicted molar refractivity (Wildman–Crippen MR) is 96.6 cm³/mol. The lowest BCUT2D eigenvalue weighted by atomic mass is 9.64. The van der Waals surface area contributed by atoms with E-state index in [1.165, 1.54) is 49.7 Å². The van der Waals surface area contributed by atoms with Crippen molar-refractivity contribution in [3.05, 3.63) is 54.1 Å². The molecule has 1 saturated carbocycles. The lowest BCUT2D eigenvalue weighted by molar-refractivity contribution is 0.182. The SMILES string of the molecule is CCCC1CCC(C2(C#N)C=CC(c3ccccc3)=CC2)CC1. The number of rotatable bonds is 4. The summed E-state index contributed by atoms with van der Waals surface area (Å²) in [5.74, 6) is 1.43. The normalized spacial score (nSPS) is 30.5. The first-order chi connectivity index (χ1) is 11.3. The van der Waals surface area contributed by atoms with E-state index in [4.69, 9.17) is 0 Å². The second-order valence-corrected chi connectivity index (χ2v) is 7.22. The molecular weight excluding hydrogens is 278 g/mol. The van der Waals surface area contributed by atoms with Gasteiger partial charge in [0.05, 0.1) is 11.5 Å². The second kappa shape index (κ2) is 7.18. The third-order valence-electron chi connectivity index (χ3n) is 5.81. The minimum atomic E-state index is -0.268. The highest BCUT2D eigenvalue weighted by Crippen LogP contribution is 2.46. The molecule has 0 spiro atoms. The Balaban J connectivity index is 1.69. The van der Waals surface area contributed by atoms with Crippen molar-refractivity contribution in [2.75, 3.05) is 0 Å². The largest absolute Gasteiger partial charge is 0.197 e. The molecule has 23 heavy (non-hydrogen) atoms. The molecule has 0 aliphatic heterocycles. The number of benzene rings is 1. The first-order valence-electron chi connectivity index (χ1n) is 9.13. The van der Waals surface area contributed by atoms with Gasteiger partial charge in [-0.25, -0.2) is 0 Å². The van der Waals surface area contributed by atoms with Crippen molar-refractivity contribution in [3.8, 4) is 6.07 Å². The van der Waals surface area contributed by atoms with Gasteiger partial charge in [-0.05, 0) is 42.2 Å². The van der Waals surface area contributed by atoms with Gasteiger partial charge in [-0.2, -0.15) is 5.26 Å². The van der Waals surface area contributed by atoms with Crippen molar-refractivity contribution in [3.63, 3.8) is 0 Å². The first kappa shape index (κ1) is 16.1. The van der Waals surface area contributed by atoms with Crippen molar-refractivity contribution in [2.24, 2.45) is 17.3 Å². The van der Waals surface area contributed by atoms with Crippen LogP contribution in [0, 0.1) is 28.6 Å². The third-order valence-corrected chi connectivity index (χ3v) is 5.81. The van der Waals surface area contributed by atoms with Gasteiger partial charge >= 0.3 is 0 Å². The molecule has 0 radical (unpaired) electrons. The van der Waals surface area contributed by atoms with Gasteiger partial charge in [0.25, 0.3) is 0 Å². The molecule has 0 N–H and O–H groups in total. The lowest BCUT2D eigenvalue weighted by Gasteiger charge is -2.38. The van der Waals surface area contributed by atoms with Crippen molar-refractivity contribution in [1.29, 1.82) is 5.26 Å². The van der Waals surface area contributed by atoms with E-state index >= 15 is 0 Å². The molecule has 1 nitrogen and oxygen atoms in total. The summed E-state index contributed by atoms with van der Waals surface area (Å²) in [4.78, 5) is 0. The lowest BCUT2D eigenvalue weighted by Crippen LogP contribution is -2.31. The van der Waals surface area contributed by atoms with E-state index in [-0.39, 0.29) is 5.41 Å².